The molecule has 0 fully saturated rings. The van der Waals surface area contributed by atoms with Crippen LogP contribution in [-0.4, -0.2) is 22.4 Å². The molecule has 0 amide bonds. The molecule has 1 heterocycles. The number of phenols is 3. The van der Waals surface area contributed by atoms with Gasteiger partial charge >= 0.3 is 0 Å². The minimum atomic E-state index is -0.520. The van der Waals surface area contributed by atoms with Crippen LogP contribution in [0.2, 0.25) is 0 Å². The van der Waals surface area contributed by atoms with E-state index in [1.54, 1.807) is 0 Å². The van der Waals surface area contributed by atoms with Gasteiger partial charge in [0, 0.05) is 6.07 Å². The van der Waals surface area contributed by atoms with Crippen molar-refractivity contribution in [2.24, 2.45) is 0 Å². The van der Waals surface area contributed by atoms with E-state index in [4.69, 9.17) is 9.15 Å². The largest absolute Gasteiger partial charge is 0.507 e. The van der Waals surface area contributed by atoms with Crippen LogP contribution in [0.4, 0.5) is 0 Å². The van der Waals surface area contributed by atoms with E-state index < -0.39 is 11.2 Å². The molecule has 3 aromatic rings. The first-order chi connectivity index (χ1) is 9.54. The molecule has 0 aliphatic rings. The van der Waals surface area contributed by atoms with Crippen LogP contribution in [0.5, 0.6) is 23.0 Å². The number of ether oxygens (including phenoxy) is 1. The summed E-state index contributed by atoms with van der Waals surface area (Å²) in [7, 11) is 1.29. The summed E-state index contributed by atoms with van der Waals surface area (Å²) in [5, 5.41) is 29.3. The van der Waals surface area contributed by atoms with Crippen LogP contribution in [0, 0.1) is 0 Å². The molecule has 3 N–H and O–H groups in total. The molecule has 0 unspecified atom stereocenters. The fraction of sp³-hybridized carbons (Fsp3) is 0.0714. The van der Waals surface area contributed by atoms with E-state index in [0.29, 0.717) is 0 Å². The first-order valence-corrected chi connectivity index (χ1v) is 5.72. The van der Waals surface area contributed by atoms with E-state index in [0.717, 1.165) is 6.07 Å². The third-order valence-corrected chi connectivity index (χ3v) is 3.07. The molecule has 0 saturated carbocycles. The van der Waals surface area contributed by atoms with Gasteiger partial charge in [0.25, 0.3) is 0 Å². The number of phenolic OH excluding ortho intramolecular Hbond substituents is 3. The number of methoxy groups -OCH3 is 1. The highest BCUT2D eigenvalue weighted by atomic mass is 16.5. The highest BCUT2D eigenvalue weighted by Crippen LogP contribution is 2.40. The van der Waals surface area contributed by atoms with Crippen LogP contribution in [0.1, 0.15) is 0 Å². The van der Waals surface area contributed by atoms with Gasteiger partial charge < -0.3 is 24.5 Å². The van der Waals surface area contributed by atoms with Gasteiger partial charge in [-0.25, -0.2) is 0 Å². The molecule has 0 radical (unpaired) electrons. The highest BCUT2D eigenvalue weighted by molar-refractivity contribution is 5.98. The van der Waals surface area contributed by atoms with Crippen molar-refractivity contribution in [3.63, 3.8) is 0 Å². The summed E-state index contributed by atoms with van der Waals surface area (Å²) in [6.07, 6.45) is 0. The summed E-state index contributed by atoms with van der Waals surface area (Å²) in [6, 6.07) is 5.34. The smallest absolute Gasteiger partial charge is 0.204 e. The third kappa shape index (κ3) is 1.48. The second-order valence-electron chi connectivity index (χ2n) is 4.24. The van der Waals surface area contributed by atoms with Crippen LogP contribution in [0.15, 0.2) is 33.5 Å². The first kappa shape index (κ1) is 12.2. The first-order valence-electron chi connectivity index (χ1n) is 5.72. The Balaban J connectivity index is 2.67. The zero-order chi connectivity index (χ0) is 14.4. The standard InChI is InChI=1S/C14H10O6/c1-19-13-9(17)5-8(16)10-11(18)6-3-2-4-7(15)12(6)20-14(10)13/h2-5,15-17H,1H3. The number of aromatic hydroxyl groups is 3. The number of rotatable bonds is 1. The van der Waals surface area contributed by atoms with E-state index >= 15 is 0 Å². The monoisotopic (exact) mass is 274 g/mol. The van der Waals surface area contributed by atoms with Gasteiger partial charge in [0.05, 0.1) is 12.5 Å². The Kier molecular flexibility index (Phi) is 2.47. The van der Waals surface area contributed by atoms with Gasteiger partial charge in [-0.15, -0.1) is 0 Å². The fourth-order valence-electron chi connectivity index (χ4n) is 2.18. The fourth-order valence-corrected chi connectivity index (χ4v) is 2.18. The zero-order valence-corrected chi connectivity index (χ0v) is 10.4. The quantitative estimate of drug-likeness (QED) is 0.587. The summed E-state index contributed by atoms with van der Waals surface area (Å²) in [5.41, 5.74) is -0.676. The molecule has 102 valence electrons. The highest BCUT2D eigenvalue weighted by Gasteiger charge is 2.20. The summed E-state index contributed by atoms with van der Waals surface area (Å²) >= 11 is 0. The zero-order valence-electron chi connectivity index (χ0n) is 10.4. The van der Waals surface area contributed by atoms with Crippen molar-refractivity contribution < 1.29 is 24.5 Å². The molecule has 0 aliphatic carbocycles. The molecule has 6 heteroatoms. The lowest BCUT2D eigenvalue weighted by Gasteiger charge is -2.09. The molecule has 0 atom stereocenters. The SMILES string of the molecule is COc1c(O)cc(O)c2c(=O)c3cccc(O)c3oc12. The van der Waals surface area contributed by atoms with Crippen molar-refractivity contribution in [3.8, 4) is 23.0 Å². The summed E-state index contributed by atoms with van der Waals surface area (Å²) in [6.45, 7) is 0. The predicted molar refractivity (Wildman–Crippen MR) is 71.5 cm³/mol. The molecule has 0 bridgehead atoms. The lowest BCUT2D eigenvalue weighted by Crippen LogP contribution is -2.03. The van der Waals surface area contributed by atoms with Crippen molar-refractivity contribution in [2.45, 2.75) is 0 Å². The molecule has 0 spiro atoms. The molecule has 6 nitrogen and oxygen atoms in total. The van der Waals surface area contributed by atoms with E-state index in [1.165, 1.54) is 25.3 Å². The summed E-state index contributed by atoms with van der Waals surface area (Å²) in [5.74, 6) is -1.08. The maximum absolute atomic E-state index is 12.4. The number of fused-ring (bicyclic) bond motifs is 2. The van der Waals surface area contributed by atoms with Gasteiger partial charge in [-0.3, -0.25) is 4.79 Å². The van der Waals surface area contributed by atoms with Crippen molar-refractivity contribution in [2.75, 3.05) is 7.11 Å². The van der Waals surface area contributed by atoms with E-state index in [-0.39, 0.29) is 39.2 Å². The van der Waals surface area contributed by atoms with Crippen molar-refractivity contribution >= 4 is 21.9 Å². The van der Waals surface area contributed by atoms with Crippen molar-refractivity contribution in [1.29, 1.82) is 0 Å². The van der Waals surface area contributed by atoms with E-state index in [9.17, 15) is 20.1 Å². The van der Waals surface area contributed by atoms with Crippen LogP contribution in [-0.2, 0) is 0 Å². The van der Waals surface area contributed by atoms with Gasteiger partial charge in [-0.1, -0.05) is 6.07 Å². The van der Waals surface area contributed by atoms with E-state index in [1.807, 2.05) is 0 Å². The Hall–Kier alpha value is -2.89. The number of para-hydroxylation sites is 1. The Morgan fingerprint density at radius 1 is 1.05 bits per heavy atom. The van der Waals surface area contributed by atoms with Gasteiger partial charge in [0.2, 0.25) is 11.2 Å². The number of hydrogen-bond donors (Lipinski definition) is 3. The summed E-state index contributed by atoms with van der Waals surface area (Å²) in [4.78, 5) is 12.4. The third-order valence-electron chi connectivity index (χ3n) is 3.07. The number of hydrogen-bond acceptors (Lipinski definition) is 6. The van der Waals surface area contributed by atoms with Gasteiger partial charge in [0.15, 0.2) is 22.7 Å². The normalized spacial score (nSPS) is 11.1. The molecular formula is C14H10O6. The van der Waals surface area contributed by atoms with Crippen LogP contribution in [0.3, 0.4) is 0 Å². The van der Waals surface area contributed by atoms with Gasteiger partial charge in [-0.2, -0.15) is 0 Å². The van der Waals surface area contributed by atoms with Gasteiger partial charge in [-0.05, 0) is 12.1 Å². The van der Waals surface area contributed by atoms with Gasteiger partial charge in [0.1, 0.15) is 11.1 Å². The Bertz CT molecular complexity index is 894. The molecule has 1 aromatic heterocycles. The second kappa shape index (κ2) is 4.06. The lowest BCUT2D eigenvalue weighted by molar-refractivity contribution is 0.368. The van der Waals surface area contributed by atoms with Crippen LogP contribution in [0.25, 0.3) is 21.9 Å². The average molecular weight is 274 g/mol. The van der Waals surface area contributed by atoms with Crippen LogP contribution < -0.4 is 10.2 Å². The predicted octanol–water partition coefficient (Wildman–Crippen LogP) is 2.07. The average Bonchev–Trinajstić information content (AvgIpc) is 2.40. The van der Waals surface area contributed by atoms with Crippen molar-refractivity contribution in [3.05, 3.63) is 34.5 Å². The Morgan fingerprint density at radius 3 is 2.50 bits per heavy atom. The van der Waals surface area contributed by atoms with Crippen LogP contribution >= 0.6 is 0 Å². The second-order valence-corrected chi connectivity index (χ2v) is 4.24. The van der Waals surface area contributed by atoms with E-state index in [2.05, 4.69) is 0 Å². The molecular weight excluding hydrogens is 264 g/mol. The molecule has 0 aliphatic heterocycles. The Morgan fingerprint density at radius 2 is 1.80 bits per heavy atom. The number of benzene rings is 2. The maximum atomic E-state index is 12.4. The molecule has 20 heavy (non-hydrogen) atoms. The molecule has 0 saturated heterocycles. The molecule has 3 rings (SSSR count). The van der Waals surface area contributed by atoms with Crippen molar-refractivity contribution in [1.82, 2.24) is 0 Å². The molecule has 2 aromatic carbocycles. The minimum absolute atomic E-state index is 0.0340. The lowest BCUT2D eigenvalue weighted by atomic mass is 10.1. The minimum Gasteiger partial charge on any atom is -0.507 e. The summed E-state index contributed by atoms with van der Waals surface area (Å²) < 4.78 is 10.4. The topological polar surface area (TPSA) is 100 Å². The Labute approximate surface area is 112 Å². The maximum Gasteiger partial charge on any atom is 0.204 e.